The summed E-state index contributed by atoms with van der Waals surface area (Å²) in [6.07, 6.45) is 0. The lowest BCUT2D eigenvalue weighted by Crippen LogP contribution is -2.24. The summed E-state index contributed by atoms with van der Waals surface area (Å²) in [5.74, 6) is 0.311. The van der Waals surface area contributed by atoms with Crippen molar-refractivity contribution < 1.29 is 14.3 Å². The van der Waals surface area contributed by atoms with Crippen LogP contribution in [0.1, 0.15) is 21.6 Å². The van der Waals surface area contributed by atoms with E-state index < -0.39 is 0 Å². The van der Waals surface area contributed by atoms with Crippen molar-refractivity contribution >= 4 is 11.6 Å². The highest BCUT2D eigenvalue weighted by Gasteiger charge is 2.17. The van der Waals surface area contributed by atoms with Crippen molar-refractivity contribution in [3.63, 3.8) is 0 Å². The summed E-state index contributed by atoms with van der Waals surface area (Å²) in [5, 5.41) is 7.57. The molecule has 0 saturated heterocycles. The predicted octanol–water partition coefficient (Wildman–Crippen LogP) is 3.66. The van der Waals surface area contributed by atoms with E-state index in [0.29, 0.717) is 30.3 Å². The number of methoxy groups -OCH3 is 1. The molecule has 1 amide bonds. The number of aromatic nitrogens is 3. The molecule has 0 aliphatic heterocycles. The van der Waals surface area contributed by atoms with Crippen LogP contribution in [-0.2, 0) is 11.3 Å². The lowest BCUT2D eigenvalue weighted by atomic mass is 10.1. The van der Waals surface area contributed by atoms with E-state index >= 15 is 0 Å². The molecule has 31 heavy (non-hydrogen) atoms. The number of hydrogen-bond acceptors (Lipinski definition) is 5. The van der Waals surface area contributed by atoms with E-state index in [4.69, 9.17) is 14.5 Å². The molecule has 2 heterocycles. The Kier molecular flexibility index (Phi) is 6.24. The number of hydrogen-bond donors (Lipinski definition) is 1. The summed E-state index contributed by atoms with van der Waals surface area (Å²) in [4.78, 5) is 17.4. The van der Waals surface area contributed by atoms with Crippen LogP contribution in [-0.4, -0.2) is 40.8 Å². The molecule has 0 bridgehead atoms. The third kappa shape index (κ3) is 4.73. The number of nitrogens with zero attached hydrogens (tertiary/aromatic N) is 3. The Morgan fingerprint density at radius 2 is 1.77 bits per heavy atom. The van der Waals surface area contributed by atoms with Gasteiger partial charge in [0.2, 0.25) is 5.88 Å². The van der Waals surface area contributed by atoms with Crippen molar-refractivity contribution in [2.75, 3.05) is 20.3 Å². The summed E-state index contributed by atoms with van der Waals surface area (Å²) in [6, 6.07) is 20.9. The predicted molar refractivity (Wildman–Crippen MR) is 118 cm³/mol. The molecule has 7 nitrogen and oxygen atoms in total. The Labute approximate surface area is 180 Å². The molecular formula is C24H24N4O3. The minimum absolute atomic E-state index is 0.155. The molecule has 0 spiro atoms. The van der Waals surface area contributed by atoms with Gasteiger partial charge in [0.25, 0.3) is 5.91 Å². The van der Waals surface area contributed by atoms with Gasteiger partial charge < -0.3 is 14.8 Å². The zero-order chi connectivity index (χ0) is 21.6. The molecule has 0 saturated carbocycles. The van der Waals surface area contributed by atoms with Crippen molar-refractivity contribution in [3.05, 3.63) is 83.6 Å². The van der Waals surface area contributed by atoms with Gasteiger partial charge in [-0.25, -0.2) is 9.50 Å². The van der Waals surface area contributed by atoms with Crippen LogP contribution in [0, 0.1) is 6.92 Å². The van der Waals surface area contributed by atoms with E-state index in [1.54, 1.807) is 29.8 Å². The van der Waals surface area contributed by atoms with Crippen LogP contribution in [0.3, 0.4) is 0 Å². The average molecular weight is 416 g/mol. The minimum Gasteiger partial charge on any atom is -0.474 e. The number of ether oxygens (including phenoxy) is 2. The number of carbonyl (C=O) groups is 1. The number of benzene rings is 2. The van der Waals surface area contributed by atoms with E-state index in [1.807, 2.05) is 55.5 Å². The van der Waals surface area contributed by atoms with Gasteiger partial charge in [0, 0.05) is 24.3 Å². The molecule has 2 aromatic heterocycles. The van der Waals surface area contributed by atoms with Crippen molar-refractivity contribution in [1.29, 1.82) is 0 Å². The molecule has 4 aromatic rings. The maximum Gasteiger partial charge on any atom is 0.251 e. The molecule has 0 radical (unpaired) electrons. The van der Waals surface area contributed by atoms with Crippen LogP contribution in [0.25, 0.3) is 16.9 Å². The van der Waals surface area contributed by atoms with Gasteiger partial charge >= 0.3 is 0 Å². The first-order chi connectivity index (χ1) is 15.2. The number of nitrogens with one attached hydrogen (secondary N) is 1. The van der Waals surface area contributed by atoms with E-state index in [0.717, 1.165) is 17.0 Å². The average Bonchev–Trinajstić information content (AvgIpc) is 3.16. The van der Waals surface area contributed by atoms with Gasteiger partial charge in [-0.3, -0.25) is 4.79 Å². The van der Waals surface area contributed by atoms with Gasteiger partial charge in [0.15, 0.2) is 5.65 Å². The SMILES string of the molecule is COCCOc1ccc2nc(-c3ccc(C)cc3)c(CNC(=O)c3ccccc3)n2n1. The summed E-state index contributed by atoms with van der Waals surface area (Å²) < 4.78 is 12.4. The highest BCUT2D eigenvalue weighted by molar-refractivity contribution is 5.94. The first-order valence-corrected chi connectivity index (χ1v) is 10.1. The van der Waals surface area contributed by atoms with Crippen molar-refractivity contribution in [3.8, 4) is 17.1 Å². The number of imidazole rings is 1. The molecule has 1 N–H and O–H groups in total. The molecule has 0 aliphatic rings. The first-order valence-electron chi connectivity index (χ1n) is 10.1. The smallest absolute Gasteiger partial charge is 0.251 e. The number of fused-ring (bicyclic) bond motifs is 1. The number of carbonyl (C=O) groups excluding carboxylic acids is 1. The highest BCUT2D eigenvalue weighted by atomic mass is 16.5. The Balaban J connectivity index is 1.69. The second-order valence-electron chi connectivity index (χ2n) is 7.10. The van der Waals surface area contributed by atoms with Crippen molar-refractivity contribution in [2.45, 2.75) is 13.5 Å². The standard InChI is InChI=1S/C24H24N4O3/c1-17-8-10-18(11-9-17)23-20(16-25-24(29)19-6-4-3-5-7-19)28-21(26-23)12-13-22(27-28)31-15-14-30-2/h3-13H,14-16H2,1-2H3,(H,25,29). The lowest BCUT2D eigenvalue weighted by molar-refractivity contribution is 0.0950. The highest BCUT2D eigenvalue weighted by Crippen LogP contribution is 2.25. The summed E-state index contributed by atoms with van der Waals surface area (Å²) in [7, 11) is 1.62. The zero-order valence-electron chi connectivity index (χ0n) is 17.5. The Morgan fingerprint density at radius 1 is 1.00 bits per heavy atom. The lowest BCUT2D eigenvalue weighted by Gasteiger charge is -2.09. The van der Waals surface area contributed by atoms with E-state index in [-0.39, 0.29) is 12.5 Å². The van der Waals surface area contributed by atoms with Gasteiger partial charge in [0.1, 0.15) is 6.61 Å². The maximum atomic E-state index is 12.6. The van der Waals surface area contributed by atoms with Gasteiger partial charge in [0.05, 0.1) is 24.5 Å². The third-order valence-electron chi connectivity index (χ3n) is 4.86. The number of rotatable bonds is 8. The van der Waals surface area contributed by atoms with Crippen LogP contribution in [0.2, 0.25) is 0 Å². The second kappa shape index (κ2) is 9.40. The van der Waals surface area contributed by atoms with Gasteiger partial charge in [-0.1, -0.05) is 48.0 Å². The Hall–Kier alpha value is -3.71. The quantitative estimate of drug-likeness (QED) is 0.444. The van der Waals surface area contributed by atoms with Gasteiger partial charge in [-0.15, -0.1) is 5.10 Å². The van der Waals surface area contributed by atoms with Gasteiger partial charge in [-0.2, -0.15) is 0 Å². The summed E-state index contributed by atoms with van der Waals surface area (Å²) in [5.41, 5.74) is 4.96. The monoisotopic (exact) mass is 416 g/mol. The molecule has 7 heteroatoms. The molecule has 158 valence electrons. The van der Waals surface area contributed by atoms with Crippen LogP contribution in [0.4, 0.5) is 0 Å². The molecule has 0 fully saturated rings. The van der Waals surface area contributed by atoms with Crippen LogP contribution >= 0.6 is 0 Å². The number of amides is 1. The van der Waals surface area contributed by atoms with Crippen LogP contribution in [0.15, 0.2) is 66.7 Å². The maximum absolute atomic E-state index is 12.6. The molecule has 0 unspecified atom stereocenters. The van der Waals surface area contributed by atoms with E-state index in [1.165, 1.54) is 5.56 Å². The van der Waals surface area contributed by atoms with Crippen LogP contribution in [0.5, 0.6) is 5.88 Å². The van der Waals surface area contributed by atoms with Crippen molar-refractivity contribution in [1.82, 2.24) is 19.9 Å². The summed E-state index contributed by atoms with van der Waals surface area (Å²) >= 11 is 0. The van der Waals surface area contributed by atoms with E-state index in [9.17, 15) is 4.79 Å². The molecule has 0 aliphatic carbocycles. The normalized spacial score (nSPS) is 10.9. The van der Waals surface area contributed by atoms with E-state index in [2.05, 4.69) is 10.4 Å². The Morgan fingerprint density at radius 3 is 2.52 bits per heavy atom. The molecule has 0 atom stereocenters. The molecular weight excluding hydrogens is 392 g/mol. The molecule has 4 rings (SSSR count). The minimum atomic E-state index is -0.155. The van der Waals surface area contributed by atoms with Gasteiger partial charge in [-0.05, 0) is 25.1 Å². The topological polar surface area (TPSA) is 77.8 Å². The third-order valence-corrected chi connectivity index (χ3v) is 4.86. The fourth-order valence-corrected chi connectivity index (χ4v) is 3.23. The largest absolute Gasteiger partial charge is 0.474 e. The zero-order valence-corrected chi connectivity index (χ0v) is 17.5. The first kappa shape index (κ1) is 20.6. The Bertz CT molecular complexity index is 1170. The molecule has 2 aromatic carbocycles. The number of aryl methyl sites for hydroxylation is 1. The van der Waals surface area contributed by atoms with Crippen LogP contribution < -0.4 is 10.1 Å². The van der Waals surface area contributed by atoms with Crippen molar-refractivity contribution in [2.24, 2.45) is 0 Å². The summed E-state index contributed by atoms with van der Waals surface area (Å²) in [6.45, 7) is 3.18. The fraction of sp³-hybridized carbons (Fsp3) is 0.208. The second-order valence-corrected chi connectivity index (χ2v) is 7.10. The fourth-order valence-electron chi connectivity index (χ4n) is 3.23.